The minimum absolute atomic E-state index is 0.0987. The summed E-state index contributed by atoms with van der Waals surface area (Å²) in [5.74, 6) is 0.184. The van der Waals surface area contributed by atoms with Crippen molar-refractivity contribution in [3.63, 3.8) is 0 Å². The molecule has 5 nitrogen and oxygen atoms in total. The van der Waals surface area contributed by atoms with E-state index in [0.29, 0.717) is 29.1 Å². The van der Waals surface area contributed by atoms with Gasteiger partial charge in [0, 0.05) is 12.6 Å². The quantitative estimate of drug-likeness (QED) is 0.424. The Morgan fingerprint density at radius 3 is 2.48 bits per heavy atom. The molecule has 2 aromatic carbocycles. The molecule has 0 spiro atoms. The summed E-state index contributed by atoms with van der Waals surface area (Å²) in [6.07, 6.45) is -0.925. The molecule has 1 aromatic heterocycles. The normalized spacial score (nSPS) is 11.8. The summed E-state index contributed by atoms with van der Waals surface area (Å²) in [7, 11) is 0. The van der Waals surface area contributed by atoms with Crippen LogP contribution in [0.5, 0.6) is 0 Å². The molecule has 0 saturated heterocycles. The molecule has 1 heterocycles. The van der Waals surface area contributed by atoms with Crippen LogP contribution in [0.25, 0.3) is 17.5 Å². The molecule has 0 aliphatic heterocycles. The lowest BCUT2D eigenvalue weighted by molar-refractivity contribution is -0.137. The lowest BCUT2D eigenvalue weighted by Gasteiger charge is -2.18. The third kappa shape index (κ3) is 5.95. The van der Waals surface area contributed by atoms with Gasteiger partial charge in [-0.25, -0.2) is 0 Å². The zero-order valence-corrected chi connectivity index (χ0v) is 17.3. The number of alkyl halides is 3. The van der Waals surface area contributed by atoms with Crippen molar-refractivity contribution in [2.45, 2.75) is 26.1 Å². The van der Waals surface area contributed by atoms with E-state index in [2.05, 4.69) is 10.2 Å². The monoisotopic (exact) mass is 449 g/mol. The highest BCUT2D eigenvalue weighted by Gasteiger charge is 2.29. The molecule has 0 fully saturated rings. The van der Waals surface area contributed by atoms with Crippen LogP contribution < -0.4 is 0 Å². The first-order valence-corrected chi connectivity index (χ1v) is 9.87. The average molecular weight is 450 g/mol. The molecule has 1 amide bonds. The lowest BCUT2D eigenvalue weighted by atomic mass is 10.1. The number of halogens is 4. The maximum absolute atomic E-state index is 12.7. The summed E-state index contributed by atoms with van der Waals surface area (Å²) in [4.78, 5) is 14.1. The van der Waals surface area contributed by atoms with Gasteiger partial charge in [-0.15, -0.1) is 10.2 Å². The van der Waals surface area contributed by atoms with Gasteiger partial charge in [0.05, 0.1) is 22.7 Å². The standard InChI is InChI=1S/C22H19ClF3N3O2/c1-2-13-29(14-19-27-28-21(31-19)17-5-3-4-6-18(17)23)20(30)12-9-15-7-10-16(11-8-15)22(24,25)26/h3-12H,2,13-14H2,1H3. The Morgan fingerprint density at radius 1 is 1.13 bits per heavy atom. The fourth-order valence-electron chi connectivity index (χ4n) is 2.82. The number of nitrogens with zero attached hydrogens (tertiary/aromatic N) is 3. The molecular formula is C22H19ClF3N3O2. The Bertz CT molecular complexity index is 1060. The molecule has 0 radical (unpaired) electrons. The van der Waals surface area contributed by atoms with Crippen molar-refractivity contribution in [3.8, 4) is 11.5 Å². The van der Waals surface area contributed by atoms with Gasteiger partial charge < -0.3 is 9.32 Å². The summed E-state index contributed by atoms with van der Waals surface area (Å²) >= 11 is 6.14. The number of aromatic nitrogens is 2. The largest absolute Gasteiger partial charge is 0.419 e. The first kappa shape index (κ1) is 22.6. The maximum atomic E-state index is 12.7. The summed E-state index contributed by atoms with van der Waals surface area (Å²) in [5, 5.41) is 8.45. The summed E-state index contributed by atoms with van der Waals surface area (Å²) in [5.41, 5.74) is 0.337. The fourth-order valence-corrected chi connectivity index (χ4v) is 3.03. The van der Waals surface area contributed by atoms with E-state index in [4.69, 9.17) is 16.0 Å². The van der Waals surface area contributed by atoms with E-state index in [1.165, 1.54) is 29.2 Å². The van der Waals surface area contributed by atoms with Crippen LogP contribution in [0.4, 0.5) is 13.2 Å². The van der Waals surface area contributed by atoms with Crippen molar-refractivity contribution >= 4 is 23.6 Å². The van der Waals surface area contributed by atoms with Crippen molar-refractivity contribution in [1.29, 1.82) is 0 Å². The van der Waals surface area contributed by atoms with Gasteiger partial charge in [0.2, 0.25) is 17.7 Å². The zero-order valence-electron chi connectivity index (χ0n) is 16.6. The topological polar surface area (TPSA) is 59.2 Å². The molecule has 0 N–H and O–H groups in total. The van der Waals surface area contributed by atoms with Crippen LogP contribution in [0.3, 0.4) is 0 Å². The summed E-state index contributed by atoms with van der Waals surface area (Å²) < 4.78 is 43.6. The Kier molecular flexibility index (Phi) is 7.12. The van der Waals surface area contributed by atoms with E-state index in [-0.39, 0.29) is 24.2 Å². The van der Waals surface area contributed by atoms with E-state index in [1.807, 2.05) is 6.92 Å². The van der Waals surface area contributed by atoms with E-state index in [9.17, 15) is 18.0 Å². The average Bonchev–Trinajstić information content (AvgIpc) is 3.20. The van der Waals surface area contributed by atoms with Crippen LogP contribution in [-0.4, -0.2) is 27.5 Å². The van der Waals surface area contributed by atoms with Crippen LogP contribution >= 0.6 is 11.6 Å². The van der Waals surface area contributed by atoms with Gasteiger partial charge in [0.1, 0.15) is 0 Å². The highest BCUT2D eigenvalue weighted by atomic mass is 35.5. The number of benzene rings is 2. The molecule has 0 aliphatic rings. The SMILES string of the molecule is CCCN(Cc1nnc(-c2ccccc2Cl)o1)C(=O)C=Cc1ccc(C(F)(F)F)cc1. The highest BCUT2D eigenvalue weighted by Crippen LogP contribution is 2.29. The van der Waals surface area contributed by atoms with Crippen LogP contribution in [0, 0.1) is 0 Å². The second kappa shape index (κ2) is 9.78. The molecule has 3 aromatic rings. The van der Waals surface area contributed by atoms with E-state index in [0.717, 1.165) is 12.1 Å². The van der Waals surface area contributed by atoms with Crippen LogP contribution in [0.2, 0.25) is 5.02 Å². The number of hydrogen-bond donors (Lipinski definition) is 0. The molecule has 0 aliphatic carbocycles. The molecule has 162 valence electrons. The van der Waals surface area contributed by atoms with Gasteiger partial charge in [-0.2, -0.15) is 13.2 Å². The van der Waals surface area contributed by atoms with Crippen LogP contribution in [0.15, 0.2) is 59.0 Å². The number of hydrogen-bond acceptors (Lipinski definition) is 4. The number of amides is 1. The number of carbonyl (C=O) groups excluding carboxylic acids is 1. The lowest BCUT2D eigenvalue weighted by Crippen LogP contribution is -2.29. The maximum Gasteiger partial charge on any atom is 0.416 e. The Hall–Kier alpha value is -3.13. The predicted molar refractivity (Wildman–Crippen MR) is 111 cm³/mol. The molecule has 0 bridgehead atoms. The van der Waals surface area contributed by atoms with Gasteiger partial charge in [-0.05, 0) is 42.3 Å². The van der Waals surface area contributed by atoms with E-state index in [1.54, 1.807) is 24.3 Å². The molecule has 0 atom stereocenters. The second-order valence-electron chi connectivity index (χ2n) is 6.69. The number of rotatable bonds is 7. The summed E-state index contributed by atoms with van der Waals surface area (Å²) in [6.45, 7) is 2.46. The first-order chi connectivity index (χ1) is 14.8. The van der Waals surface area contributed by atoms with Crippen LogP contribution in [-0.2, 0) is 17.5 Å². The predicted octanol–water partition coefficient (Wildman–Crippen LogP) is 5.86. The molecule has 31 heavy (non-hydrogen) atoms. The summed E-state index contributed by atoms with van der Waals surface area (Å²) in [6, 6.07) is 11.6. The van der Waals surface area contributed by atoms with Crippen molar-refractivity contribution in [3.05, 3.63) is 76.6 Å². The molecular weight excluding hydrogens is 431 g/mol. The van der Waals surface area contributed by atoms with Crippen molar-refractivity contribution in [2.75, 3.05) is 6.54 Å². The molecule has 9 heteroatoms. The molecule has 0 unspecified atom stereocenters. The zero-order chi connectivity index (χ0) is 22.4. The number of carbonyl (C=O) groups is 1. The van der Waals surface area contributed by atoms with Gasteiger partial charge in [0.25, 0.3) is 0 Å². The molecule has 3 rings (SSSR count). The third-order valence-electron chi connectivity index (χ3n) is 4.36. The molecule has 0 saturated carbocycles. The Morgan fingerprint density at radius 2 is 1.84 bits per heavy atom. The Labute approximate surface area is 182 Å². The van der Waals surface area contributed by atoms with Gasteiger partial charge >= 0.3 is 6.18 Å². The van der Waals surface area contributed by atoms with Crippen molar-refractivity contribution < 1.29 is 22.4 Å². The Balaban J connectivity index is 1.70. The smallest absolute Gasteiger partial charge is 0.416 e. The van der Waals surface area contributed by atoms with Gasteiger partial charge in [-0.1, -0.05) is 42.8 Å². The second-order valence-corrected chi connectivity index (χ2v) is 7.10. The third-order valence-corrected chi connectivity index (χ3v) is 4.69. The highest BCUT2D eigenvalue weighted by molar-refractivity contribution is 6.33. The fraction of sp³-hybridized carbons (Fsp3) is 0.227. The first-order valence-electron chi connectivity index (χ1n) is 9.49. The van der Waals surface area contributed by atoms with E-state index >= 15 is 0 Å². The van der Waals surface area contributed by atoms with Crippen molar-refractivity contribution in [1.82, 2.24) is 15.1 Å². The van der Waals surface area contributed by atoms with Gasteiger partial charge in [-0.3, -0.25) is 4.79 Å². The van der Waals surface area contributed by atoms with Crippen LogP contribution in [0.1, 0.15) is 30.4 Å². The van der Waals surface area contributed by atoms with Gasteiger partial charge in [0.15, 0.2) is 0 Å². The minimum atomic E-state index is -4.40. The van der Waals surface area contributed by atoms with E-state index < -0.39 is 11.7 Å². The minimum Gasteiger partial charge on any atom is -0.419 e. The van der Waals surface area contributed by atoms with Crippen molar-refractivity contribution in [2.24, 2.45) is 0 Å².